The first-order chi connectivity index (χ1) is 13.8. The van der Waals surface area contributed by atoms with Gasteiger partial charge in [-0.2, -0.15) is 0 Å². The fraction of sp³-hybridized carbons (Fsp3) is 0.0500. The summed E-state index contributed by atoms with van der Waals surface area (Å²) in [6.07, 6.45) is -0.0272. The predicted octanol–water partition coefficient (Wildman–Crippen LogP) is 3.75. The summed E-state index contributed by atoms with van der Waals surface area (Å²) < 4.78 is 38.4. The first kappa shape index (κ1) is 20.2. The molecule has 3 rings (SSSR count). The molecule has 9 heteroatoms. The molecule has 0 fully saturated rings. The molecule has 3 aromatic carbocycles. The van der Waals surface area contributed by atoms with Crippen LogP contribution >= 0.6 is 0 Å². The van der Waals surface area contributed by atoms with Crippen LogP contribution in [0.5, 0.6) is 0 Å². The Balaban J connectivity index is 1.72. The minimum Gasteiger partial charge on any atom is -0.326 e. The average molecular weight is 414 g/mol. The van der Waals surface area contributed by atoms with Gasteiger partial charge in [-0.1, -0.05) is 12.1 Å². The number of benzene rings is 3. The first-order valence-corrected chi connectivity index (χ1v) is 9.88. The molecule has 0 aliphatic carbocycles. The van der Waals surface area contributed by atoms with E-state index in [0.717, 1.165) is 12.1 Å². The van der Waals surface area contributed by atoms with Crippen LogP contribution < -0.4 is 5.32 Å². The van der Waals surface area contributed by atoms with Crippen LogP contribution in [0.1, 0.15) is 5.56 Å². The summed E-state index contributed by atoms with van der Waals surface area (Å²) in [5.41, 5.74) is 0.689. The maximum atomic E-state index is 13.2. The highest BCUT2D eigenvalue weighted by atomic mass is 32.2. The Morgan fingerprint density at radius 3 is 2.10 bits per heavy atom. The largest absolute Gasteiger partial charge is 0.326 e. The van der Waals surface area contributed by atoms with Crippen molar-refractivity contribution in [3.63, 3.8) is 0 Å². The normalized spacial score (nSPS) is 11.1. The van der Waals surface area contributed by atoms with Gasteiger partial charge in [-0.15, -0.1) is 0 Å². The summed E-state index contributed by atoms with van der Waals surface area (Å²) in [6.45, 7) is 0. The van der Waals surface area contributed by atoms with Gasteiger partial charge in [0.2, 0.25) is 15.7 Å². The van der Waals surface area contributed by atoms with Crippen molar-refractivity contribution in [1.29, 1.82) is 0 Å². The average Bonchev–Trinajstić information content (AvgIpc) is 2.68. The van der Waals surface area contributed by atoms with Crippen molar-refractivity contribution >= 4 is 27.1 Å². The zero-order chi connectivity index (χ0) is 21.0. The lowest BCUT2D eigenvalue weighted by Crippen LogP contribution is -2.14. The Kier molecular flexibility index (Phi) is 5.69. The molecule has 1 amide bonds. The van der Waals surface area contributed by atoms with Crippen molar-refractivity contribution in [2.75, 3.05) is 5.32 Å². The monoisotopic (exact) mass is 414 g/mol. The van der Waals surface area contributed by atoms with E-state index in [1.165, 1.54) is 54.6 Å². The van der Waals surface area contributed by atoms with Crippen LogP contribution in [0.15, 0.2) is 82.6 Å². The Hall–Kier alpha value is -3.59. The number of nitro benzene ring substituents is 1. The molecule has 29 heavy (non-hydrogen) atoms. The second kappa shape index (κ2) is 8.19. The van der Waals surface area contributed by atoms with Crippen LogP contribution in [0, 0.1) is 15.9 Å². The third-order valence-electron chi connectivity index (χ3n) is 4.06. The molecular formula is C20H15FN2O5S. The predicted molar refractivity (Wildman–Crippen MR) is 104 cm³/mol. The van der Waals surface area contributed by atoms with Crippen molar-refractivity contribution in [1.82, 2.24) is 0 Å². The second-order valence-electron chi connectivity index (χ2n) is 6.13. The number of non-ortho nitro benzene ring substituents is 1. The van der Waals surface area contributed by atoms with E-state index in [2.05, 4.69) is 5.32 Å². The number of carbonyl (C=O) groups excluding carboxylic acids is 1. The third-order valence-corrected chi connectivity index (χ3v) is 5.85. The van der Waals surface area contributed by atoms with E-state index in [9.17, 15) is 27.7 Å². The quantitative estimate of drug-likeness (QED) is 0.488. The topological polar surface area (TPSA) is 106 Å². The van der Waals surface area contributed by atoms with Crippen molar-refractivity contribution in [3.05, 3.63) is 94.3 Å². The fourth-order valence-electron chi connectivity index (χ4n) is 2.64. The van der Waals surface area contributed by atoms with Crippen LogP contribution in [0.3, 0.4) is 0 Å². The number of rotatable bonds is 6. The molecule has 0 saturated carbocycles. The SMILES string of the molecule is O=C(Cc1cccc(F)c1)Nc1ccc(S(=O)(=O)c2ccc([N+](=O)[O-])cc2)cc1. The Morgan fingerprint density at radius 1 is 0.966 bits per heavy atom. The van der Waals surface area contributed by atoms with Crippen molar-refractivity contribution in [3.8, 4) is 0 Å². The molecule has 0 heterocycles. The summed E-state index contributed by atoms with van der Waals surface area (Å²) in [5.74, 6) is -0.808. The van der Waals surface area contributed by atoms with Gasteiger partial charge in [-0.05, 0) is 54.1 Å². The molecule has 0 bridgehead atoms. The molecule has 0 saturated heterocycles. The smallest absolute Gasteiger partial charge is 0.269 e. The summed E-state index contributed by atoms with van der Waals surface area (Å²) in [4.78, 5) is 22.1. The highest BCUT2D eigenvalue weighted by Gasteiger charge is 2.19. The molecule has 0 aromatic heterocycles. The Morgan fingerprint density at radius 2 is 1.55 bits per heavy atom. The summed E-state index contributed by atoms with van der Waals surface area (Å²) in [7, 11) is -3.86. The highest BCUT2D eigenvalue weighted by Crippen LogP contribution is 2.24. The van der Waals surface area contributed by atoms with Gasteiger partial charge in [-0.25, -0.2) is 12.8 Å². The maximum Gasteiger partial charge on any atom is 0.269 e. The second-order valence-corrected chi connectivity index (χ2v) is 8.08. The van der Waals surface area contributed by atoms with E-state index >= 15 is 0 Å². The van der Waals surface area contributed by atoms with E-state index in [4.69, 9.17) is 0 Å². The lowest BCUT2D eigenvalue weighted by Gasteiger charge is -2.08. The van der Waals surface area contributed by atoms with Gasteiger partial charge in [0.05, 0.1) is 21.1 Å². The maximum absolute atomic E-state index is 13.2. The van der Waals surface area contributed by atoms with Crippen LogP contribution in [-0.2, 0) is 21.1 Å². The number of hydrogen-bond acceptors (Lipinski definition) is 5. The number of nitrogens with zero attached hydrogens (tertiary/aromatic N) is 1. The minimum absolute atomic E-state index is 0.0190. The van der Waals surface area contributed by atoms with Crippen molar-refractivity contribution in [2.45, 2.75) is 16.2 Å². The molecule has 0 spiro atoms. The van der Waals surface area contributed by atoms with E-state index in [1.807, 2.05) is 0 Å². The molecule has 0 unspecified atom stereocenters. The summed E-state index contributed by atoms with van der Waals surface area (Å²) in [6, 6.07) is 15.8. The number of halogens is 1. The number of carbonyl (C=O) groups is 1. The van der Waals surface area contributed by atoms with Gasteiger partial charge >= 0.3 is 0 Å². The van der Waals surface area contributed by atoms with Gasteiger partial charge < -0.3 is 5.32 Å². The molecule has 1 N–H and O–H groups in total. The fourth-order valence-corrected chi connectivity index (χ4v) is 3.90. The van der Waals surface area contributed by atoms with Gasteiger partial charge in [0, 0.05) is 17.8 Å². The summed E-state index contributed by atoms with van der Waals surface area (Å²) in [5, 5.41) is 13.3. The van der Waals surface area contributed by atoms with Crippen LogP contribution in [0.25, 0.3) is 0 Å². The number of nitro groups is 1. The number of hydrogen-bond donors (Lipinski definition) is 1. The van der Waals surface area contributed by atoms with E-state index in [1.54, 1.807) is 6.07 Å². The molecule has 0 radical (unpaired) electrons. The Labute approximate surface area is 165 Å². The zero-order valence-corrected chi connectivity index (χ0v) is 15.7. The van der Waals surface area contributed by atoms with Gasteiger partial charge in [0.1, 0.15) is 5.82 Å². The first-order valence-electron chi connectivity index (χ1n) is 8.39. The minimum atomic E-state index is -3.86. The van der Waals surface area contributed by atoms with Gasteiger partial charge in [0.15, 0.2) is 0 Å². The molecule has 0 aliphatic heterocycles. The standard InChI is InChI=1S/C20H15FN2O5S/c21-15-3-1-2-14(12-15)13-20(24)22-16-4-8-18(9-5-16)29(27,28)19-10-6-17(7-11-19)23(25)26/h1-12H,13H2,(H,22,24). The van der Waals surface area contributed by atoms with Gasteiger partial charge in [-0.3, -0.25) is 14.9 Å². The van der Waals surface area contributed by atoms with E-state index in [-0.39, 0.29) is 27.8 Å². The van der Waals surface area contributed by atoms with Crippen LogP contribution in [0.4, 0.5) is 15.8 Å². The molecule has 0 atom stereocenters. The molecule has 7 nitrogen and oxygen atoms in total. The molecular weight excluding hydrogens is 399 g/mol. The number of sulfone groups is 1. The van der Waals surface area contributed by atoms with Gasteiger partial charge in [0.25, 0.3) is 5.69 Å². The number of anilines is 1. The molecule has 0 aliphatic rings. The summed E-state index contributed by atoms with van der Waals surface area (Å²) >= 11 is 0. The third kappa shape index (κ3) is 4.82. The number of nitrogens with one attached hydrogen (secondary N) is 1. The lowest BCUT2D eigenvalue weighted by molar-refractivity contribution is -0.384. The number of amides is 1. The van der Waals surface area contributed by atoms with Crippen LogP contribution in [0.2, 0.25) is 0 Å². The lowest BCUT2D eigenvalue weighted by atomic mass is 10.1. The van der Waals surface area contributed by atoms with E-state index < -0.39 is 20.6 Å². The molecule has 148 valence electrons. The van der Waals surface area contributed by atoms with Crippen molar-refractivity contribution in [2.24, 2.45) is 0 Å². The van der Waals surface area contributed by atoms with E-state index in [0.29, 0.717) is 11.3 Å². The zero-order valence-electron chi connectivity index (χ0n) is 14.9. The highest BCUT2D eigenvalue weighted by molar-refractivity contribution is 7.91. The van der Waals surface area contributed by atoms with Crippen molar-refractivity contribution < 1.29 is 22.5 Å². The molecule has 3 aromatic rings. The van der Waals surface area contributed by atoms with Crippen LogP contribution in [-0.4, -0.2) is 19.2 Å². The Bertz CT molecular complexity index is 1160.